The normalized spacial score (nSPS) is 29.6. The smallest absolute Gasteiger partial charge is 0.321 e. The molecule has 0 aliphatic heterocycles. The minimum Gasteiger partial charge on any atom is -0.480 e. The van der Waals surface area contributed by atoms with Gasteiger partial charge in [0.05, 0.1) is 12.6 Å². The van der Waals surface area contributed by atoms with E-state index in [1.54, 1.807) is 0 Å². The van der Waals surface area contributed by atoms with Crippen molar-refractivity contribution in [2.45, 2.75) is 65.0 Å². The Balaban J connectivity index is 1.68. The van der Waals surface area contributed by atoms with E-state index < -0.39 is 23.8 Å². The first-order valence-electron chi connectivity index (χ1n) is 8.75. The molecule has 0 aromatic carbocycles. The Hall–Kier alpha value is -0.400. The fraction of sp³-hybridized carbons (Fsp3) is 0.833. The van der Waals surface area contributed by atoms with Crippen molar-refractivity contribution in [3.63, 3.8) is 0 Å². The summed E-state index contributed by atoms with van der Waals surface area (Å²) in [6.07, 6.45) is 2.83. The third-order valence-corrected chi connectivity index (χ3v) is 5.63. The topological polar surface area (TPSA) is 90.8 Å². The molecule has 25 heavy (non-hydrogen) atoms. The first-order valence-corrected chi connectivity index (χ1v) is 10.3. The van der Waals surface area contributed by atoms with E-state index in [4.69, 9.17) is 4.74 Å². The molecule has 1 spiro atoms. The first-order chi connectivity index (χ1) is 11.7. The number of ether oxygens (including phenoxy) is 1. The van der Waals surface area contributed by atoms with Crippen molar-refractivity contribution in [3.05, 3.63) is 0 Å². The number of hydrogen-bond acceptors (Lipinski definition) is 5. The molecule has 5 atom stereocenters. The summed E-state index contributed by atoms with van der Waals surface area (Å²) in [6.45, 7) is 6.19. The second kappa shape index (κ2) is 8.53. The minimum atomic E-state index is -1.25. The summed E-state index contributed by atoms with van der Waals surface area (Å²) in [5.74, 6) is 5.92. The summed E-state index contributed by atoms with van der Waals surface area (Å²) in [6, 6.07) is -0.862. The maximum atomic E-state index is 11.3. The Bertz CT molecular complexity index is 539. The van der Waals surface area contributed by atoms with Crippen LogP contribution in [-0.2, 0) is 9.53 Å². The molecule has 0 radical (unpaired) electrons. The van der Waals surface area contributed by atoms with E-state index in [0.29, 0.717) is 5.92 Å². The Kier molecular flexibility index (Phi) is 7.13. The number of hydrogen-bond donors (Lipinski definition) is 4. The van der Waals surface area contributed by atoms with Crippen molar-refractivity contribution >= 4 is 28.6 Å². The third kappa shape index (κ3) is 5.79. The number of nitrogens with one attached hydrogen (secondary N) is 2. The van der Waals surface area contributed by atoms with E-state index in [1.807, 2.05) is 20.8 Å². The Morgan fingerprint density at radius 2 is 2.12 bits per heavy atom. The molecule has 2 aliphatic rings. The van der Waals surface area contributed by atoms with Gasteiger partial charge in [-0.15, -0.1) is 5.92 Å². The summed E-state index contributed by atoms with van der Waals surface area (Å²) >= 11 is 2.26. The summed E-state index contributed by atoms with van der Waals surface area (Å²) in [5.41, 5.74) is -0.296. The van der Waals surface area contributed by atoms with E-state index in [9.17, 15) is 15.0 Å². The van der Waals surface area contributed by atoms with Crippen LogP contribution in [0.3, 0.4) is 0 Å². The van der Waals surface area contributed by atoms with Gasteiger partial charge in [0.1, 0.15) is 6.04 Å². The second-order valence-electron chi connectivity index (χ2n) is 8.07. The molecule has 7 heteroatoms. The number of carbonyl (C=O) groups is 1. The van der Waals surface area contributed by atoms with Crippen LogP contribution in [0.4, 0.5) is 0 Å². The zero-order valence-electron chi connectivity index (χ0n) is 15.1. The Morgan fingerprint density at radius 3 is 2.72 bits per heavy atom. The summed E-state index contributed by atoms with van der Waals surface area (Å²) in [7, 11) is 0. The van der Waals surface area contributed by atoms with Gasteiger partial charge in [-0.05, 0) is 30.6 Å². The van der Waals surface area contributed by atoms with Gasteiger partial charge in [-0.25, -0.2) is 0 Å². The standard InChI is InChI=1S/C18H29IN2O4/c1-17(2,3)14(15(22)23)21-16(24)25-13-10-18(13)9-12(18)7-5-4-6-8-20-11-19/h12-14,16,20-21,24H,5,7-11H2,1-3H3,(H,22,23)/t12?,13-,14-,16?,18?/m1/s1. The zero-order valence-corrected chi connectivity index (χ0v) is 17.3. The lowest BCUT2D eigenvalue weighted by molar-refractivity contribution is -0.162. The van der Waals surface area contributed by atoms with Crippen LogP contribution in [0, 0.1) is 28.6 Å². The van der Waals surface area contributed by atoms with Crippen LogP contribution in [0.25, 0.3) is 0 Å². The highest BCUT2D eigenvalue weighted by molar-refractivity contribution is 14.1. The fourth-order valence-corrected chi connectivity index (χ4v) is 3.71. The van der Waals surface area contributed by atoms with Crippen molar-refractivity contribution in [1.82, 2.24) is 10.6 Å². The van der Waals surface area contributed by atoms with Gasteiger partial charge in [0.25, 0.3) is 0 Å². The predicted octanol–water partition coefficient (Wildman–Crippen LogP) is 1.91. The van der Waals surface area contributed by atoms with Gasteiger partial charge in [0.2, 0.25) is 6.41 Å². The van der Waals surface area contributed by atoms with E-state index in [2.05, 4.69) is 45.1 Å². The van der Waals surface area contributed by atoms with Crippen LogP contribution in [0.2, 0.25) is 0 Å². The molecule has 3 unspecified atom stereocenters. The molecule has 2 saturated carbocycles. The van der Waals surface area contributed by atoms with Crippen LogP contribution in [0.5, 0.6) is 0 Å². The zero-order chi connectivity index (χ0) is 18.7. The Morgan fingerprint density at radius 1 is 1.40 bits per heavy atom. The molecular weight excluding hydrogens is 435 g/mol. The maximum absolute atomic E-state index is 11.3. The lowest BCUT2D eigenvalue weighted by Gasteiger charge is -2.29. The molecular formula is C18H29IN2O4. The maximum Gasteiger partial charge on any atom is 0.321 e. The summed E-state index contributed by atoms with van der Waals surface area (Å²) < 4.78 is 6.55. The van der Waals surface area contributed by atoms with Gasteiger partial charge in [-0.3, -0.25) is 15.4 Å². The minimum absolute atomic E-state index is 0.0306. The highest BCUT2D eigenvalue weighted by Crippen LogP contribution is 2.73. The van der Waals surface area contributed by atoms with Crippen LogP contribution in [0.15, 0.2) is 0 Å². The second-order valence-corrected chi connectivity index (χ2v) is 8.83. The Labute approximate surface area is 163 Å². The van der Waals surface area contributed by atoms with E-state index in [0.717, 1.165) is 36.8 Å². The van der Waals surface area contributed by atoms with Crippen LogP contribution >= 0.6 is 22.6 Å². The third-order valence-electron chi connectivity index (χ3n) is 5.09. The molecule has 2 fully saturated rings. The van der Waals surface area contributed by atoms with E-state index in [1.165, 1.54) is 0 Å². The number of rotatable bonds is 9. The number of aliphatic hydroxyl groups is 1. The molecule has 0 heterocycles. The fourth-order valence-electron chi connectivity index (χ4n) is 3.44. The molecule has 6 nitrogen and oxygen atoms in total. The van der Waals surface area contributed by atoms with Gasteiger partial charge < -0.3 is 14.9 Å². The molecule has 4 N–H and O–H groups in total. The number of carboxylic acid groups (broad SMARTS) is 1. The monoisotopic (exact) mass is 464 g/mol. The van der Waals surface area contributed by atoms with Crippen molar-refractivity contribution in [2.24, 2.45) is 16.7 Å². The summed E-state index contributed by atoms with van der Waals surface area (Å²) in [4.78, 5) is 11.3. The number of aliphatic hydroxyl groups excluding tert-OH is 1. The molecule has 0 bridgehead atoms. The lowest BCUT2D eigenvalue weighted by atomic mass is 9.87. The summed E-state index contributed by atoms with van der Waals surface area (Å²) in [5, 5.41) is 25.2. The van der Waals surface area contributed by atoms with E-state index in [-0.39, 0.29) is 11.5 Å². The average Bonchev–Trinajstić information content (AvgIpc) is 3.38. The van der Waals surface area contributed by atoms with E-state index >= 15 is 0 Å². The SMILES string of the molecule is CC(C)(C)[C@H](NC(O)O[C@@H]1CC12CC2CCC#CCNCI)C(=O)O. The first kappa shape index (κ1) is 20.9. The van der Waals surface area contributed by atoms with Gasteiger partial charge in [0, 0.05) is 16.4 Å². The van der Waals surface area contributed by atoms with Crippen molar-refractivity contribution in [1.29, 1.82) is 0 Å². The quantitative estimate of drug-likeness (QED) is 0.104. The number of carboxylic acids is 1. The molecule has 0 aromatic heterocycles. The molecule has 0 aromatic rings. The average molecular weight is 464 g/mol. The predicted molar refractivity (Wildman–Crippen MR) is 104 cm³/mol. The lowest BCUT2D eigenvalue weighted by Crippen LogP contribution is -2.51. The number of aliphatic carboxylic acids is 1. The van der Waals surface area contributed by atoms with Crippen LogP contribution < -0.4 is 10.6 Å². The van der Waals surface area contributed by atoms with Crippen molar-refractivity contribution < 1.29 is 19.7 Å². The van der Waals surface area contributed by atoms with Gasteiger partial charge in [-0.2, -0.15) is 0 Å². The van der Waals surface area contributed by atoms with Gasteiger partial charge in [-0.1, -0.05) is 49.3 Å². The van der Waals surface area contributed by atoms with Crippen LogP contribution in [0.1, 0.15) is 46.5 Å². The van der Waals surface area contributed by atoms with Crippen LogP contribution in [-0.4, -0.2) is 45.8 Å². The van der Waals surface area contributed by atoms with Gasteiger partial charge in [0.15, 0.2) is 0 Å². The molecule has 142 valence electrons. The highest BCUT2D eigenvalue weighted by atomic mass is 127. The van der Waals surface area contributed by atoms with Crippen molar-refractivity contribution in [2.75, 3.05) is 11.1 Å². The number of alkyl halides is 1. The molecule has 2 rings (SSSR count). The molecule has 0 amide bonds. The highest BCUT2D eigenvalue weighted by Gasteiger charge is 2.71. The number of halogens is 1. The van der Waals surface area contributed by atoms with Gasteiger partial charge >= 0.3 is 5.97 Å². The molecule has 0 saturated heterocycles. The van der Waals surface area contributed by atoms with Crippen molar-refractivity contribution in [3.8, 4) is 11.8 Å². The largest absolute Gasteiger partial charge is 0.480 e. The molecule has 2 aliphatic carbocycles.